The van der Waals surface area contributed by atoms with Gasteiger partial charge in [-0.3, -0.25) is 0 Å². The lowest BCUT2D eigenvalue weighted by atomic mass is 9.97. The van der Waals surface area contributed by atoms with Gasteiger partial charge in [-0.1, -0.05) is 0 Å². The van der Waals surface area contributed by atoms with Gasteiger partial charge in [0.25, 0.3) is 0 Å². The first-order valence-corrected chi connectivity index (χ1v) is 5.24. The molecule has 0 spiro atoms. The summed E-state index contributed by atoms with van der Waals surface area (Å²) >= 11 is 0. The van der Waals surface area contributed by atoms with Crippen molar-refractivity contribution < 1.29 is 4.39 Å². The van der Waals surface area contributed by atoms with Crippen LogP contribution in [0.25, 0.3) is 0 Å². The first-order chi connectivity index (χ1) is 7.34. The second kappa shape index (κ2) is 4.11. The van der Waals surface area contributed by atoms with E-state index in [1.807, 2.05) is 6.07 Å². The third kappa shape index (κ3) is 1.67. The standard InChI is InChI=1S/C10H11FN2.C2H4/c11-10-8-5-6-1-2-9(13-6)7(8)3-4-12-10;1-2/h3-4,6,9,13H,1-2,5H2;1-2H2. The molecule has 1 saturated heterocycles. The van der Waals surface area contributed by atoms with Crippen molar-refractivity contribution in [3.05, 3.63) is 42.5 Å². The lowest BCUT2D eigenvalue weighted by Crippen LogP contribution is -2.32. The summed E-state index contributed by atoms with van der Waals surface area (Å²) in [5.41, 5.74) is 1.97. The van der Waals surface area contributed by atoms with Gasteiger partial charge in [-0.25, -0.2) is 4.98 Å². The molecule has 0 saturated carbocycles. The predicted molar refractivity (Wildman–Crippen MR) is 58.1 cm³/mol. The maximum absolute atomic E-state index is 13.3. The fraction of sp³-hybridized carbons (Fsp3) is 0.417. The molecule has 2 aliphatic rings. The molecule has 80 valence electrons. The molecule has 2 bridgehead atoms. The number of halogens is 1. The van der Waals surface area contributed by atoms with E-state index in [9.17, 15) is 4.39 Å². The molecule has 1 aromatic rings. The van der Waals surface area contributed by atoms with Crippen LogP contribution in [-0.2, 0) is 6.42 Å². The Hall–Kier alpha value is -1.22. The van der Waals surface area contributed by atoms with Gasteiger partial charge in [-0.05, 0) is 30.9 Å². The van der Waals surface area contributed by atoms with Gasteiger partial charge in [-0.15, -0.1) is 13.2 Å². The number of nitrogens with zero attached hydrogens (tertiary/aromatic N) is 1. The van der Waals surface area contributed by atoms with Gasteiger partial charge in [-0.2, -0.15) is 4.39 Å². The molecule has 0 aromatic carbocycles. The van der Waals surface area contributed by atoms with E-state index in [0.29, 0.717) is 12.1 Å². The maximum atomic E-state index is 13.3. The van der Waals surface area contributed by atoms with Gasteiger partial charge >= 0.3 is 0 Å². The zero-order valence-electron chi connectivity index (χ0n) is 8.67. The summed E-state index contributed by atoms with van der Waals surface area (Å²) in [5, 5.41) is 3.48. The second-order valence-corrected chi connectivity index (χ2v) is 3.87. The maximum Gasteiger partial charge on any atom is 0.216 e. The minimum Gasteiger partial charge on any atom is -0.307 e. The van der Waals surface area contributed by atoms with E-state index in [-0.39, 0.29) is 5.95 Å². The molecule has 15 heavy (non-hydrogen) atoms. The van der Waals surface area contributed by atoms with Crippen LogP contribution in [0.5, 0.6) is 0 Å². The van der Waals surface area contributed by atoms with Crippen molar-refractivity contribution in [1.29, 1.82) is 0 Å². The second-order valence-electron chi connectivity index (χ2n) is 3.87. The number of hydrogen-bond donors (Lipinski definition) is 1. The molecule has 1 aromatic heterocycles. The molecule has 0 radical (unpaired) electrons. The largest absolute Gasteiger partial charge is 0.307 e. The lowest BCUT2D eigenvalue weighted by Gasteiger charge is -2.24. The highest BCUT2D eigenvalue weighted by molar-refractivity contribution is 5.33. The number of pyridine rings is 1. The van der Waals surface area contributed by atoms with Crippen molar-refractivity contribution in [1.82, 2.24) is 10.3 Å². The SMILES string of the molecule is C=C.Fc1nccc2c1CC1CCC2N1. The Labute approximate surface area is 89.2 Å². The van der Waals surface area contributed by atoms with E-state index in [2.05, 4.69) is 23.5 Å². The molecule has 0 amide bonds. The Balaban J connectivity index is 0.000000404. The van der Waals surface area contributed by atoms with Crippen LogP contribution < -0.4 is 5.32 Å². The quantitative estimate of drug-likeness (QED) is 0.520. The average molecular weight is 206 g/mol. The van der Waals surface area contributed by atoms with Crippen LogP contribution in [0.4, 0.5) is 4.39 Å². The first-order valence-electron chi connectivity index (χ1n) is 5.24. The van der Waals surface area contributed by atoms with Crippen LogP contribution in [0.3, 0.4) is 0 Å². The Morgan fingerprint density at radius 3 is 3.00 bits per heavy atom. The van der Waals surface area contributed by atoms with Crippen LogP contribution >= 0.6 is 0 Å². The Bertz CT molecular complexity index is 365. The summed E-state index contributed by atoms with van der Waals surface area (Å²) in [5.74, 6) is -0.268. The summed E-state index contributed by atoms with van der Waals surface area (Å²) in [6, 6.07) is 2.81. The molecule has 1 fully saturated rings. The third-order valence-corrected chi connectivity index (χ3v) is 3.11. The van der Waals surface area contributed by atoms with Gasteiger partial charge in [0.15, 0.2) is 0 Å². The van der Waals surface area contributed by atoms with E-state index >= 15 is 0 Å². The first kappa shape index (κ1) is 10.3. The van der Waals surface area contributed by atoms with Crippen molar-refractivity contribution in [2.24, 2.45) is 0 Å². The molecule has 3 rings (SSSR count). The molecular weight excluding hydrogens is 191 g/mol. The molecule has 2 unspecified atom stereocenters. The predicted octanol–water partition coefficient (Wildman–Crippen LogP) is 2.37. The van der Waals surface area contributed by atoms with Crippen LogP contribution in [0.1, 0.15) is 30.0 Å². The zero-order valence-corrected chi connectivity index (χ0v) is 8.67. The van der Waals surface area contributed by atoms with Crippen LogP contribution in [0.15, 0.2) is 25.4 Å². The Kier molecular flexibility index (Phi) is 2.82. The highest BCUT2D eigenvalue weighted by Crippen LogP contribution is 2.35. The van der Waals surface area contributed by atoms with Crippen molar-refractivity contribution in [2.75, 3.05) is 0 Å². The van der Waals surface area contributed by atoms with Gasteiger partial charge in [0.05, 0.1) is 0 Å². The monoisotopic (exact) mass is 206 g/mol. The Morgan fingerprint density at radius 1 is 1.40 bits per heavy atom. The van der Waals surface area contributed by atoms with Gasteiger partial charge in [0, 0.05) is 23.8 Å². The van der Waals surface area contributed by atoms with Crippen LogP contribution in [-0.4, -0.2) is 11.0 Å². The smallest absolute Gasteiger partial charge is 0.216 e. The van der Waals surface area contributed by atoms with Crippen molar-refractivity contribution in [3.63, 3.8) is 0 Å². The summed E-state index contributed by atoms with van der Waals surface area (Å²) in [6.45, 7) is 6.00. The molecule has 2 atom stereocenters. The van der Waals surface area contributed by atoms with Crippen LogP contribution in [0, 0.1) is 5.95 Å². The van der Waals surface area contributed by atoms with E-state index < -0.39 is 0 Å². The third-order valence-electron chi connectivity index (χ3n) is 3.11. The van der Waals surface area contributed by atoms with E-state index in [4.69, 9.17) is 0 Å². The number of rotatable bonds is 0. The summed E-state index contributed by atoms with van der Waals surface area (Å²) in [6.07, 6.45) is 4.68. The summed E-state index contributed by atoms with van der Waals surface area (Å²) in [7, 11) is 0. The number of hydrogen-bond acceptors (Lipinski definition) is 2. The minimum atomic E-state index is -0.268. The molecule has 3 heteroatoms. The van der Waals surface area contributed by atoms with Crippen molar-refractivity contribution >= 4 is 0 Å². The molecular formula is C12H15FN2. The van der Waals surface area contributed by atoms with Gasteiger partial charge in [0.1, 0.15) is 0 Å². The number of fused-ring (bicyclic) bond motifs is 4. The highest BCUT2D eigenvalue weighted by Gasteiger charge is 2.33. The van der Waals surface area contributed by atoms with Crippen molar-refractivity contribution in [3.8, 4) is 0 Å². The zero-order chi connectivity index (χ0) is 10.8. The molecule has 3 heterocycles. The van der Waals surface area contributed by atoms with E-state index in [1.54, 1.807) is 6.20 Å². The lowest BCUT2D eigenvalue weighted by molar-refractivity contribution is 0.478. The molecule has 2 nitrogen and oxygen atoms in total. The minimum absolute atomic E-state index is 0.268. The molecule has 0 aliphatic carbocycles. The van der Waals surface area contributed by atoms with Crippen LogP contribution in [0.2, 0.25) is 0 Å². The van der Waals surface area contributed by atoms with Gasteiger partial charge < -0.3 is 5.32 Å². The normalized spacial score (nSPS) is 26.5. The summed E-state index contributed by atoms with van der Waals surface area (Å²) in [4.78, 5) is 3.69. The van der Waals surface area contributed by atoms with Gasteiger partial charge in [0.2, 0.25) is 5.95 Å². The fourth-order valence-electron chi connectivity index (χ4n) is 2.48. The van der Waals surface area contributed by atoms with Crippen molar-refractivity contribution in [2.45, 2.75) is 31.3 Å². The Morgan fingerprint density at radius 2 is 2.20 bits per heavy atom. The fourth-order valence-corrected chi connectivity index (χ4v) is 2.48. The summed E-state index contributed by atoms with van der Waals surface area (Å²) < 4.78 is 13.3. The molecule has 2 aliphatic heterocycles. The molecule has 1 N–H and O–H groups in total. The van der Waals surface area contributed by atoms with E-state index in [1.165, 1.54) is 6.42 Å². The topological polar surface area (TPSA) is 24.9 Å². The van der Waals surface area contributed by atoms with E-state index in [0.717, 1.165) is 24.0 Å². The number of nitrogens with one attached hydrogen (secondary N) is 1. The average Bonchev–Trinajstić information content (AvgIpc) is 2.66. The highest BCUT2D eigenvalue weighted by atomic mass is 19.1. The number of aromatic nitrogens is 1.